The van der Waals surface area contributed by atoms with E-state index in [2.05, 4.69) is 55.0 Å². The smallest absolute Gasteiger partial charge is 0.339 e. The highest BCUT2D eigenvalue weighted by molar-refractivity contribution is 7.99. The number of amides is 1. The molecule has 172 valence electrons. The number of hydrogen-bond acceptors (Lipinski definition) is 6. The van der Waals surface area contributed by atoms with Crippen molar-refractivity contribution >= 4 is 29.3 Å². The Bertz CT molecular complexity index is 1150. The molecule has 0 radical (unpaired) electrons. The van der Waals surface area contributed by atoms with Gasteiger partial charge in [0, 0.05) is 12.1 Å². The summed E-state index contributed by atoms with van der Waals surface area (Å²) in [6, 6.07) is 15.0. The number of esters is 1. The molecule has 3 rings (SSSR count). The molecule has 1 heterocycles. The van der Waals surface area contributed by atoms with Crippen LogP contribution in [0.2, 0.25) is 0 Å². The monoisotopic (exact) mass is 464 g/mol. The Balaban J connectivity index is 1.75. The van der Waals surface area contributed by atoms with Crippen LogP contribution in [0, 0.1) is 0 Å². The molecule has 8 heteroatoms. The van der Waals surface area contributed by atoms with Crippen LogP contribution in [0.25, 0.3) is 11.4 Å². The summed E-state index contributed by atoms with van der Waals surface area (Å²) in [6.45, 7) is 10.9. The first kappa shape index (κ1) is 24.3. The minimum Gasteiger partial charge on any atom is -0.465 e. The number of carbonyl (C=O) groups is 2. The Hall–Kier alpha value is -3.39. The number of hydrogen-bond donors (Lipinski definition) is 1. The van der Waals surface area contributed by atoms with E-state index in [-0.39, 0.29) is 17.1 Å². The lowest BCUT2D eigenvalue weighted by Gasteiger charge is -2.19. The summed E-state index contributed by atoms with van der Waals surface area (Å²) >= 11 is 1.27. The van der Waals surface area contributed by atoms with E-state index in [1.165, 1.54) is 24.4 Å². The number of ether oxygens (including phenoxy) is 1. The van der Waals surface area contributed by atoms with Gasteiger partial charge in [-0.25, -0.2) is 4.79 Å². The van der Waals surface area contributed by atoms with Gasteiger partial charge < -0.3 is 10.1 Å². The number of nitrogens with zero attached hydrogens (tertiary/aromatic N) is 3. The summed E-state index contributed by atoms with van der Waals surface area (Å²) in [4.78, 5) is 24.5. The second kappa shape index (κ2) is 10.5. The van der Waals surface area contributed by atoms with E-state index in [9.17, 15) is 9.59 Å². The Labute approximate surface area is 198 Å². The number of rotatable bonds is 8. The topological polar surface area (TPSA) is 86.1 Å². The van der Waals surface area contributed by atoms with Crippen molar-refractivity contribution in [3.63, 3.8) is 0 Å². The number of nitrogens with one attached hydrogen (secondary N) is 1. The number of benzene rings is 2. The third-order valence-corrected chi connectivity index (χ3v) is 5.94. The number of para-hydroxylation sites is 1. The molecule has 7 nitrogen and oxygen atoms in total. The first-order chi connectivity index (χ1) is 15.7. The highest BCUT2D eigenvalue weighted by Crippen LogP contribution is 2.28. The van der Waals surface area contributed by atoms with E-state index in [1.54, 1.807) is 30.3 Å². The van der Waals surface area contributed by atoms with Crippen molar-refractivity contribution in [1.29, 1.82) is 0 Å². The van der Waals surface area contributed by atoms with Gasteiger partial charge in [-0.2, -0.15) is 0 Å². The molecular weight excluding hydrogens is 436 g/mol. The Morgan fingerprint density at radius 1 is 1.12 bits per heavy atom. The van der Waals surface area contributed by atoms with Crippen LogP contribution in [0.4, 0.5) is 5.69 Å². The van der Waals surface area contributed by atoms with Crippen molar-refractivity contribution in [2.24, 2.45) is 0 Å². The van der Waals surface area contributed by atoms with Crippen LogP contribution >= 0.6 is 11.8 Å². The summed E-state index contributed by atoms with van der Waals surface area (Å²) < 4.78 is 6.70. The quantitative estimate of drug-likeness (QED) is 0.289. The SMILES string of the molecule is C=CCn1c(SCC(=O)Nc2ccccc2C(=O)OC)nnc1-c1ccc(C(C)(C)C)cc1. The molecule has 0 aliphatic rings. The largest absolute Gasteiger partial charge is 0.465 e. The van der Waals surface area contributed by atoms with Crippen molar-refractivity contribution in [2.75, 3.05) is 18.2 Å². The van der Waals surface area contributed by atoms with Crippen LogP contribution in [0.5, 0.6) is 0 Å². The third-order valence-electron chi connectivity index (χ3n) is 4.98. The van der Waals surface area contributed by atoms with Crippen LogP contribution in [0.15, 0.2) is 66.3 Å². The van der Waals surface area contributed by atoms with Gasteiger partial charge in [-0.15, -0.1) is 16.8 Å². The number of aromatic nitrogens is 3. The first-order valence-corrected chi connectivity index (χ1v) is 11.5. The summed E-state index contributed by atoms with van der Waals surface area (Å²) in [5.74, 6) is 0.0505. The van der Waals surface area contributed by atoms with Crippen molar-refractivity contribution in [2.45, 2.75) is 37.9 Å². The van der Waals surface area contributed by atoms with Gasteiger partial charge in [0.2, 0.25) is 5.91 Å². The van der Waals surface area contributed by atoms with Gasteiger partial charge >= 0.3 is 5.97 Å². The number of anilines is 1. The summed E-state index contributed by atoms with van der Waals surface area (Å²) in [5, 5.41) is 12.0. The predicted molar refractivity (Wildman–Crippen MR) is 131 cm³/mol. The van der Waals surface area contributed by atoms with Crippen molar-refractivity contribution in [3.05, 3.63) is 72.3 Å². The fourth-order valence-electron chi connectivity index (χ4n) is 3.22. The van der Waals surface area contributed by atoms with Crippen molar-refractivity contribution in [1.82, 2.24) is 14.8 Å². The Kier molecular flexibility index (Phi) is 7.71. The van der Waals surface area contributed by atoms with Crippen LogP contribution in [-0.2, 0) is 21.5 Å². The van der Waals surface area contributed by atoms with Gasteiger partial charge in [0.05, 0.1) is 24.1 Å². The second-order valence-electron chi connectivity index (χ2n) is 8.41. The fourth-order valence-corrected chi connectivity index (χ4v) is 3.97. The molecule has 0 fully saturated rings. The van der Waals surface area contributed by atoms with Crippen LogP contribution < -0.4 is 5.32 Å². The molecule has 0 unspecified atom stereocenters. The lowest BCUT2D eigenvalue weighted by atomic mass is 9.87. The first-order valence-electron chi connectivity index (χ1n) is 10.5. The maximum Gasteiger partial charge on any atom is 0.339 e. The minimum atomic E-state index is -0.508. The van der Waals surface area contributed by atoms with E-state index in [0.29, 0.717) is 28.8 Å². The van der Waals surface area contributed by atoms with Gasteiger partial charge in [-0.3, -0.25) is 9.36 Å². The third kappa shape index (κ3) is 5.90. The predicted octanol–water partition coefficient (Wildman–Crippen LogP) is 4.95. The average molecular weight is 465 g/mol. The Morgan fingerprint density at radius 2 is 1.82 bits per heavy atom. The number of methoxy groups -OCH3 is 1. The maximum absolute atomic E-state index is 12.6. The van der Waals surface area contributed by atoms with Gasteiger partial charge in [-0.1, -0.05) is 75.0 Å². The number of thioether (sulfide) groups is 1. The van der Waals surface area contributed by atoms with Gasteiger partial charge in [0.25, 0.3) is 0 Å². The zero-order valence-electron chi connectivity index (χ0n) is 19.3. The zero-order valence-corrected chi connectivity index (χ0v) is 20.1. The second-order valence-corrected chi connectivity index (χ2v) is 9.35. The molecule has 0 saturated carbocycles. The summed E-state index contributed by atoms with van der Waals surface area (Å²) in [5.41, 5.74) is 2.95. The van der Waals surface area contributed by atoms with E-state index < -0.39 is 5.97 Å². The number of allylic oxidation sites excluding steroid dienone is 1. The minimum absolute atomic E-state index is 0.0637. The standard InChI is InChI=1S/C25H28N4O3S/c1-6-15-29-22(17-11-13-18(14-12-17)25(2,3)4)27-28-24(29)33-16-21(30)26-20-10-8-7-9-19(20)23(31)32-5/h6-14H,1,15-16H2,2-5H3,(H,26,30). The molecule has 1 amide bonds. The molecule has 0 atom stereocenters. The highest BCUT2D eigenvalue weighted by atomic mass is 32.2. The van der Waals surface area contributed by atoms with E-state index in [4.69, 9.17) is 4.74 Å². The molecule has 3 aromatic rings. The Morgan fingerprint density at radius 3 is 2.45 bits per heavy atom. The number of carbonyl (C=O) groups excluding carboxylic acids is 2. The normalized spacial score (nSPS) is 11.2. The van der Waals surface area contributed by atoms with Crippen LogP contribution in [0.3, 0.4) is 0 Å². The molecule has 0 aliphatic carbocycles. The highest BCUT2D eigenvalue weighted by Gasteiger charge is 2.18. The van der Waals surface area contributed by atoms with E-state index in [0.717, 1.165) is 5.56 Å². The van der Waals surface area contributed by atoms with Gasteiger partial charge in [-0.05, 0) is 23.1 Å². The summed E-state index contributed by atoms with van der Waals surface area (Å²) in [6.07, 6.45) is 1.77. The molecule has 2 aromatic carbocycles. The molecule has 0 spiro atoms. The molecule has 1 aromatic heterocycles. The lowest BCUT2D eigenvalue weighted by molar-refractivity contribution is -0.113. The average Bonchev–Trinajstić information content (AvgIpc) is 3.20. The van der Waals surface area contributed by atoms with Crippen molar-refractivity contribution < 1.29 is 14.3 Å². The molecule has 33 heavy (non-hydrogen) atoms. The van der Waals surface area contributed by atoms with Crippen molar-refractivity contribution in [3.8, 4) is 11.4 Å². The van der Waals surface area contributed by atoms with Gasteiger partial charge in [0.1, 0.15) is 0 Å². The molecular formula is C25H28N4O3S. The summed E-state index contributed by atoms with van der Waals surface area (Å²) in [7, 11) is 1.30. The van der Waals surface area contributed by atoms with Gasteiger partial charge in [0.15, 0.2) is 11.0 Å². The molecule has 0 saturated heterocycles. The molecule has 0 bridgehead atoms. The van der Waals surface area contributed by atoms with E-state index in [1.807, 2.05) is 16.7 Å². The fraction of sp³-hybridized carbons (Fsp3) is 0.280. The van der Waals surface area contributed by atoms with Crippen LogP contribution in [0.1, 0.15) is 36.7 Å². The van der Waals surface area contributed by atoms with E-state index >= 15 is 0 Å². The molecule has 1 N–H and O–H groups in total. The van der Waals surface area contributed by atoms with Crippen LogP contribution in [-0.4, -0.2) is 39.5 Å². The molecule has 0 aliphatic heterocycles. The lowest BCUT2D eigenvalue weighted by Crippen LogP contribution is -2.17. The maximum atomic E-state index is 12.6. The zero-order chi connectivity index (χ0) is 24.0.